The standard InChI is InChI=1S/C11H19N5O/c1-7(9-3-4-17-6-9)13-10-5-11(16-12)15-8(2)14-10/h5,7,9H,3-4,6,12H2,1-2H3,(H2,13,14,15,16). The maximum absolute atomic E-state index is 5.38. The van der Waals surface area contributed by atoms with Gasteiger partial charge in [0.15, 0.2) is 0 Å². The molecule has 2 unspecified atom stereocenters. The molecule has 0 radical (unpaired) electrons. The normalized spacial score (nSPS) is 21.2. The monoisotopic (exact) mass is 237 g/mol. The first-order chi connectivity index (χ1) is 8.19. The second kappa shape index (κ2) is 5.29. The van der Waals surface area contributed by atoms with Gasteiger partial charge in [0.25, 0.3) is 0 Å². The van der Waals surface area contributed by atoms with Crippen LogP contribution in [0, 0.1) is 12.8 Å². The Kier molecular flexibility index (Phi) is 3.75. The zero-order chi connectivity index (χ0) is 12.3. The largest absolute Gasteiger partial charge is 0.381 e. The van der Waals surface area contributed by atoms with E-state index in [1.807, 2.05) is 6.92 Å². The topological polar surface area (TPSA) is 85.1 Å². The van der Waals surface area contributed by atoms with Crippen LogP contribution in [-0.2, 0) is 4.74 Å². The van der Waals surface area contributed by atoms with Gasteiger partial charge in [-0.05, 0) is 20.3 Å². The van der Waals surface area contributed by atoms with Crippen LogP contribution >= 0.6 is 0 Å². The van der Waals surface area contributed by atoms with Gasteiger partial charge in [-0.1, -0.05) is 0 Å². The minimum atomic E-state index is 0.331. The van der Waals surface area contributed by atoms with Crippen molar-refractivity contribution in [2.45, 2.75) is 26.3 Å². The average molecular weight is 237 g/mol. The molecule has 2 atom stereocenters. The van der Waals surface area contributed by atoms with Gasteiger partial charge < -0.3 is 15.5 Å². The molecule has 0 spiro atoms. The number of anilines is 2. The highest BCUT2D eigenvalue weighted by molar-refractivity contribution is 5.47. The van der Waals surface area contributed by atoms with Crippen LogP contribution < -0.4 is 16.6 Å². The van der Waals surface area contributed by atoms with Crippen LogP contribution in [0.2, 0.25) is 0 Å². The van der Waals surface area contributed by atoms with Gasteiger partial charge in [0.2, 0.25) is 0 Å². The number of rotatable bonds is 4. The van der Waals surface area contributed by atoms with Crippen molar-refractivity contribution in [2.24, 2.45) is 11.8 Å². The van der Waals surface area contributed by atoms with Crippen LogP contribution in [0.1, 0.15) is 19.2 Å². The van der Waals surface area contributed by atoms with E-state index in [0.29, 0.717) is 23.6 Å². The van der Waals surface area contributed by atoms with E-state index in [0.717, 1.165) is 25.5 Å². The van der Waals surface area contributed by atoms with E-state index in [2.05, 4.69) is 27.6 Å². The second-order valence-corrected chi connectivity index (χ2v) is 4.39. The molecule has 0 aliphatic carbocycles. The highest BCUT2D eigenvalue weighted by Gasteiger charge is 2.22. The molecule has 0 saturated carbocycles. The molecule has 6 heteroatoms. The Hall–Kier alpha value is -1.40. The first kappa shape index (κ1) is 12.1. The Bertz CT molecular complexity index is 378. The molecule has 0 amide bonds. The van der Waals surface area contributed by atoms with Crippen molar-refractivity contribution in [1.29, 1.82) is 0 Å². The van der Waals surface area contributed by atoms with Crippen LogP contribution in [0.3, 0.4) is 0 Å². The summed E-state index contributed by atoms with van der Waals surface area (Å²) in [6, 6.07) is 2.14. The SMILES string of the molecule is Cc1nc(NN)cc(NC(C)C2CCOC2)n1. The van der Waals surface area contributed by atoms with Gasteiger partial charge in [-0.3, -0.25) is 0 Å². The highest BCUT2D eigenvalue weighted by atomic mass is 16.5. The summed E-state index contributed by atoms with van der Waals surface area (Å²) in [6.07, 6.45) is 1.10. The number of aromatic nitrogens is 2. The molecule has 1 aliphatic rings. The second-order valence-electron chi connectivity index (χ2n) is 4.39. The van der Waals surface area contributed by atoms with Crippen molar-refractivity contribution in [3.05, 3.63) is 11.9 Å². The van der Waals surface area contributed by atoms with Gasteiger partial charge in [-0.15, -0.1) is 0 Å². The lowest BCUT2D eigenvalue weighted by Crippen LogP contribution is -2.27. The Morgan fingerprint density at radius 1 is 1.47 bits per heavy atom. The Morgan fingerprint density at radius 2 is 2.24 bits per heavy atom. The molecule has 2 heterocycles. The molecule has 1 aromatic rings. The molecule has 1 fully saturated rings. The van der Waals surface area contributed by atoms with E-state index in [1.165, 1.54) is 0 Å². The summed E-state index contributed by atoms with van der Waals surface area (Å²) in [7, 11) is 0. The smallest absolute Gasteiger partial charge is 0.145 e. The van der Waals surface area contributed by atoms with Crippen molar-refractivity contribution in [3.63, 3.8) is 0 Å². The van der Waals surface area contributed by atoms with E-state index in [4.69, 9.17) is 10.6 Å². The van der Waals surface area contributed by atoms with Gasteiger partial charge in [-0.25, -0.2) is 15.8 Å². The first-order valence-corrected chi connectivity index (χ1v) is 5.85. The molecular weight excluding hydrogens is 218 g/mol. The molecule has 1 aliphatic heterocycles. The van der Waals surface area contributed by atoms with Crippen molar-refractivity contribution >= 4 is 11.6 Å². The minimum absolute atomic E-state index is 0.331. The maximum atomic E-state index is 5.38. The van der Waals surface area contributed by atoms with E-state index in [-0.39, 0.29) is 0 Å². The third-order valence-electron chi connectivity index (χ3n) is 3.03. The lowest BCUT2D eigenvalue weighted by atomic mass is 10.0. The molecule has 17 heavy (non-hydrogen) atoms. The number of hydrazine groups is 1. The number of nitrogens with two attached hydrogens (primary N) is 1. The lowest BCUT2D eigenvalue weighted by molar-refractivity contribution is 0.183. The third kappa shape index (κ3) is 3.04. The average Bonchev–Trinajstić information content (AvgIpc) is 2.81. The van der Waals surface area contributed by atoms with E-state index >= 15 is 0 Å². The number of ether oxygens (including phenoxy) is 1. The predicted molar refractivity (Wildman–Crippen MR) is 66.6 cm³/mol. The number of hydrogen-bond acceptors (Lipinski definition) is 6. The van der Waals surface area contributed by atoms with E-state index in [9.17, 15) is 0 Å². The molecule has 1 saturated heterocycles. The third-order valence-corrected chi connectivity index (χ3v) is 3.03. The molecule has 2 rings (SSSR count). The van der Waals surface area contributed by atoms with Crippen LogP contribution in [0.15, 0.2) is 6.07 Å². The Morgan fingerprint density at radius 3 is 2.88 bits per heavy atom. The summed E-state index contributed by atoms with van der Waals surface area (Å²) in [5.74, 6) is 8.00. The summed E-state index contributed by atoms with van der Waals surface area (Å²) in [4.78, 5) is 8.48. The van der Waals surface area contributed by atoms with Gasteiger partial charge in [0.1, 0.15) is 17.5 Å². The van der Waals surface area contributed by atoms with E-state index < -0.39 is 0 Å². The Balaban J connectivity index is 2.04. The summed E-state index contributed by atoms with van der Waals surface area (Å²) < 4.78 is 5.38. The summed E-state index contributed by atoms with van der Waals surface area (Å²) in [5, 5.41) is 3.37. The lowest BCUT2D eigenvalue weighted by Gasteiger charge is -2.20. The number of nitrogens with zero attached hydrogens (tertiary/aromatic N) is 2. The molecule has 4 N–H and O–H groups in total. The summed E-state index contributed by atoms with van der Waals surface area (Å²) in [6.45, 7) is 5.66. The number of aryl methyl sites for hydroxylation is 1. The zero-order valence-electron chi connectivity index (χ0n) is 10.2. The molecule has 0 bridgehead atoms. The van der Waals surface area contributed by atoms with Crippen molar-refractivity contribution in [2.75, 3.05) is 24.0 Å². The maximum Gasteiger partial charge on any atom is 0.145 e. The van der Waals surface area contributed by atoms with Gasteiger partial charge in [0.05, 0.1) is 6.61 Å². The van der Waals surface area contributed by atoms with Crippen LogP contribution in [0.25, 0.3) is 0 Å². The van der Waals surface area contributed by atoms with Crippen molar-refractivity contribution < 1.29 is 4.74 Å². The van der Waals surface area contributed by atoms with Crippen LogP contribution in [0.4, 0.5) is 11.6 Å². The molecular formula is C11H19N5O. The first-order valence-electron chi connectivity index (χ1n) is 5.85. The highest BCUT2D eigenvalue weighted by Crippen LogP contribution is 2.20. The fraction of sp³-hybridized carbons (Fsp3) is 0.636. The number of nitrogens with one attached hydrogen (secondary N) is 2. The zero-order valence-corrected chi connectivity index (χ0v) is 10.2. The molecule has 0 aromatic carbocycles. The molecule has 94 valence electrons. The molecule has 1 aromatic heterocycles. The quantitative estimate of drug-likeness (QED) is 0.533. The Labute approximate surface area is 101 Å². The minimum Gasteiger partial charge on any atom is -0.381 e. The van der Waals surface area contributed by atoms with Crippen LogP contribution in [-0.4, -0.2) is 29.2 Å². The molecule has 6 nitrogen and oxygen atoms in total. The fourth-order valence-corrected chi connectivity index (χ4v) is 2.01. The van der Waals surface area contributed by atoms with Crippen LogP contribution in [0.5, 0.6) is 0 Å². The predicted octanol–water partition coefficient (Wildman–Crippen LogP) is 0.908. The van der Waals surface area contributed by atoms with Crippen molar-refractivity contribution in [1.82, 2.24) is 9.97 Å². The number of nitrogen functional groups attached to an aromatic ring is 1. The number of hydrogen-bond donors (Lipinski definition) is 3. The fourth-order valence-electron chi connectivity index (χ4n) is 2.01. The van der Waals surface area contributed by atoms with E-state index in [1.54, 1.807) is 6.07 Å². The van der Waals surface area contributed by atoms with Gasteiger partial charge in [-0.2, -0.15) is 0 Å². The van der Waals surface area contributed by atoms with Crippen molar-refractivity contribution in [3.8, 4) is 0 Å². The summed E-state index contributed by atoms with van der Waals surface area (Å²) >= 11 is 0. The van der Waals surface area contributed by atoms with Gasteiger partial charge >= 0.3 is 0 Å². The summed E-state index contributed by atoms with van der Waals surface area (Å²) in [5.41, 5.74) is 2.54. The van der Waals surface area contributed by atoms with Gasteiger partial charge in [0, 0.05) is 24.6 Å².